The number of ether oxygens (including phenoxy) is 1. The van der Waals surface area contributed by atoms with Crippen molar-refractivity contribution in [3.63, 3.8) is 0 Å². The van der Waals surface area contributed by atoms with Crippen LogP contribution in [0.1, 0.15) is 50.3 Å². The van der Waals surface area contributed by atoms with Crippen LogP contribution in [0.25, 0.3) is 6.08 Å². The van der Waals surface area contributed by atoms with Gasteiger partial charge in [0.2, 0.25) is 0 Å². The lowest BCUT2D eigenvalue weighted by Crippen LogP contribution is -2.43. The first-order valence-electron chi connectivity index (χ1n) is 11.1. The second-order valence-electron chi connectivity index (χ2n) is 9.10. The average Bonchev–Trinajstić information content (AvgIpc) is 3.42. The molecule has 30 heavy (non-hydrogen) atoms. The predicted molar refractivity (Wildman–Crippen MR) is 132 cm³/mol. The highest BCUT2D eigenvalue weighted by Crippen LogP contribution is 2.39. The minimum atomic E-state index is -0.401. The maximum atomic E-state index is 6.50. The number of hydrogen-bond acceptors (Lipinski definition) is 4. The molecule has 2 aromatic carbocycles. The first kappa shape index (κ1) is 22.9. The second kappa shape index (κ2) is 10.5. The highest BCUT2D eigenvalue weighted by Gasteiger charge is 2.29. The maximum absolute atomic E-state index is 6.50. The van der Waals surface area contributed by atoms with E-state index in [-0.39, 0.29) is 0 Å². The quantitative estimate of drug-likeness (QED) is 0.442. The number of allylic oxidation sites excluding steroid dienone is 1. The summed E-state index contributed by atoms with van der Waals surface area (Å²) < 4.78 is 8.09. The molecular weight excluding hydrogens is 388 g/mol. The molecule has 3 nitrogen and oxygen atoms in total. The molecule has 1 aliphatic carbocycles. The van der Waals surface area contributed by atoms with Crippen LogP contribution in [0.4, 0.5) is 5.69 Å². The van der Waals surface area contributed by atoms with Crippen LogP contribution in [-0.2, 0) is 17.8 Å². The molecule has 1 fully saturated rings. The lowest BCUT2D eigenvalue weighted by atomic mass is 9.95. The van der Waals surface area contributed by atoms with Crippen LogP contribution >= 0.6 is 12.8 Å². The van der Waals surface area contributed by atoms with Crippen molar-refractivity contribution in [3.05, 3.63) is 71.3 Å². The van der Waals surface area contributed by atoms with Gasteiger partial charge < -0.3 is 14.8 Å². The SMILES string of the molecule is CCCN(S)c1cc(/C=C\C2CC2C)cc(COC[C@](C)(N)Cc2ccccc2)c1. The zero-order chi connectivity index (χ0) is 21.6. The van der Waals surface area contributed by atoms with Gasteiger partial charge in [0.05, 0.1) is 13.2 Å². The number of rotatable bonds is 11. The lowest BCUT2D eigenvalue weighted by Gasteiger charge is -2.25. The highest BCUT2D eigenvalue weighted by molar-refractivity contribution is 7.81. The standard InChI is InChI=1S/C26H36N2OS/c1-4-12-28(30)25-15-22(10-11-24-13-20(24)2)14-23(16-25)18-29-19-26(3,27)17-21-8-6-5-7-9-21/h5-11,14-16,20,24,30H,4,12-13,17-19,27H2,1-3H3/b11-10-/t20?,24?,26-/m1/s1. The number of nitrogens with zero attached hydrogens (tertiary/aromatic N) is 1. The Morgan fingerprint density at radius 1 is 1.20 bits per heavy atom. The van der Waals surface area contributed by atoms with Crippen molar-refractivity contribution in [2.24, 2.45) is 17.6 Å². The van der Waals surface area contributed by atoms with E-state index >= 15 is 0 Å². The minimum absolute atomic E-state index is 0.401. The Morgan fingerprint density at radius 2 is 1.93 bits per heavy atom. The Bertz CT molecular complexity index is 834. The molecule has 3 rings (SSSR count). The van der Waals surface area contributed by atoms with Crippen molar-refractivity contribution in [1.82, 2.24) is 0 Å². The van der Waals surface area contributed by atoms with Gasteiger partial charge in [-0.15, -0.1) is 0 Å². The maximum Gasteiger partial charge on any atom is 0.0718 e. The van der Waals surface area contributed by atoms with Crippen molar-refractivity contribution in [3.8, 4) is 0 Å². The van der Waals surface area contributed by atoms with Gasteiger partial charge in [-0.2, -0.15) is 0 Å². The van der Waals surface area contributed by atoms with E-state index in [2.05, 4.69) is 88.2 Å². The molecule has 162 valence electrons. The van der Waals surface area contributed by atoms with Gasteiger partial charge in [0.15, 0.2) is 0 Å². The molecular formula is C26H36N2OS. The van der Waals surface area contributed by atoms with Gasteiger partial charge in [-0.3, -0.25) is 0 Å². The lowest BCUT2D eigenvalue weighted by molar-refractivity contribution is 0.0791. The molecule has 0 aromatic heterocycles. The van der Waals surface area contributed by atoms with Crippen molar-refractivity contribution in [2.45, 2.75) is 52.2 Å². The fourth-order valence-electron chi connectivity index (χ4n) is 3.74. The topological polar surface area (TPSA) is 38.5 Å². The van der Waals surface area contributed by atoms with Crippen molar-refractivity contribution in [1.29, 1.82) is 0 Å². The van der Waals surface area contributed by atoms with E-state index in [9.17, 15) is 0 Å². The molecule has 2 aromatic rings. The summed E-state index contributed by atoms with van der Waals surface area (Å²) >= 11 is 4.67. The summed E-state index contributed by atoms with van der Waals surface area (Å²) in [4.78, 5) is 0. The first-order valence-corrected chi connectivity index (χ1v) is 11.5. The Hall–Kier alpha value is -1.75. The zero-order valence-corrected chi connectivity index (χ0v) is 19.4. The molecule has 2 unspecified atom stereocenters. The summed E-state index contributed by atoms with van der Waals surface area (Å²) in [7, 11) is 0. The van der Waals surface area contributed by atoms with Crippen molar-refractivity contribution >= 4 is 24.6 Å². The van der Waals surface area contributed by atoms with Gasteiger partial charge >= 0.3 is 0 Å². The Labute approximate surface area is 187 Å². The molecule has 1 aliphatic rings. The van der Waals surface area contributed by atoms with Crippen molar-refractivity contribution < 1.29 is 4.74 Å². The molecule has 0 heterocycles. The number of benzene rings is 2. The molecule has 0 bridgehead atoms. The smallest absolute Gasteiger partial charge is 0.0718 e. The summed E-state index contributed by atoms with van der Waals surface area (Å²) in [6, 6.07) is 16.9. The van der Waals surface area contributed by atoms with E-state index in [4.69, 9.17) is 10.5 Å². The molecule has 0 amide bonds. The van der Waals surface area contributed by atoms with Crippen LogP contribution in [0.15, 0.2) is 54.6 Å². The number of thiol groups is 1. The second-order valence-corrected chi connectivity index (χ2v) is 9.58. The molecule has 0 saturated heterocycles. The third kappa shape index (κ3) is 7.19. The van der Waals surface area contributed by atoms with E-state index in [1.807, 2.05) is 10.4 Å². The summed E-state index contributed by atoms with van der Waals surface area (Å²) in [6.07, 6.45) is 7.74. The van der Waals surface area contributed by atoms with E-state index < -0.39 is 5.54 Å². The van der Waals surface area contributed by atoms with Crippen LogP contribution in [0.3, 0.4) is 0 Å². The van der Waals surface area contributed by atoms with Gasteiger partial charge in [0.25, 0.3) is 0 Å². The van der Waals surface area contributed by atoms with E-state index in [0.717, 1.165) is 42.5 Å². The molecule has 3 atom stereocenters. The molecule has 4 heteroatoms. The summed E-state index contributed by atoms with van der Waals surface area (Å²) in [5.74, 6) is 1.55. The van der Waals surface area contributed by atoms with E-state index in [1.54, 1.807) is 0 Å². The fourth-order valence-corrected chi connectivity index (χ4v) is 4.05. The summed E-state index contributed by atoms with van der Waals surface area (Å²) in [5.41, 5.74) is 10.8. The fraction of sp³-hybridized carbons (Fsp3) is 0.462. The molecule has 0 radical (unpaired) electrons. The Balaban J connectivity index is 1.64. The normalized spacial score (nSPS) is 20.3. The highest BCUT2D eigenvalue weighted by atomic mass is 32.1. The van der Waals surface area contributed by atoms with Gasteiger partial charge in [-0.05, 0) is 72.9 Å². The van der Waals surface area contributed by atoms with Gasteiger partial charge in [-0.1, -0.05) is 69.1 Å². The zero-order valence-electron chi connectivity index (χ0n) is 18.6. The Kier molecular flexibility index (Phi) is 8.04. The van der Waals surface area contributed by atoms with Crippen LogP contribution in [0, 0.1) is 11.8 Å². The third-order valence-electron chi connectivity index (χ3n) is 5.59. The molecule has 0 aliphatic heterocycles. The van der Waals surface area contributed by atoms with Crippen LogP contribution in [0.2, 0.25) is 0 Å². The largest absolute Gasteiger partial charge is 0.375 e. The van der Waals surface area contributed by atoms with E-state index in [1.165, 1.54) is 17.5 Å². The molecule has 2 N–H and O–H groups in total. The van der Waals surface area contributed by atoms with E-state index in [0.29, 0.717) is 13.2 Å². The summed E-state index contributed by atoms with van der Waals surface area (Å²) in [6.45, 7) is 8.49. The van der Waals surface area contributed by atoms with Gasteiger partial charge in [0.1, 0.15) is 0 Å². The summed E-state index contributed by atoms with van der Waals surface area (Å²) in [5, 5.41) is 0. The molecule has 0 spiro atoms. The van der Waals surface area contributed by atoms with Crippen LogP contribution < -0.4 is 10.0 Å². The Morgan fingerprint density at radius 3 is 2.60 bits per heavy atom. The van der Waals surface area contributed by atoms with Crippen LogP contribution in [0.5, 0.6) is 0 Å². The number of anilines is 1. The number of hydrogen-bond donors (Lipinski definition) is 2. The third-order valence-corrected chi connectivity index (χ3v) is 6.02. The van der Waals surface area contributed by atoms with Crippen LogP contribution in [-0.4, -0.2) is 18.7 Å². The minimum Gasteiger partial charge on any atom is -0.375 e. The number of nitrogens with two attached hydrogens (primary N) is 1. The molecule has 1 saturated carbocycles. The van der Waals surface area contributed by atoms with Gasteiger partial charge in [0, 0.05) is 17.8 Å². The monoisotopic (exact) mass is 424 g/mol. The first-order chi connectivity index (χ1) is 14.4. The average molecular weight is 425 g/mol. The van der Waals surface area contributed by atoms with Crippen molar-refractivity contribution in [2.75, 3.05) is 17.5 Å². The van der Waals surface area contributed by atoms with Gasteiger partial charge in [-0.25, -0.2) is 0 Å². The predicted octanol–water partition coefficient (Wildman–Crippen LogP) is 5.89.